The van der Waals surface area contributed by atoms with E-state index in [0.29, 0.717) is 12.1 Å². The third-order valence-electron chi connectivity index (χ3n) is 3.45. The van der Waals surface area contributed by atoms with Crippen molar-refractivity contribution in [1.29, 1.82) is 0 Å². The smallest absolute Gasteiger partial charge is 0.302 e. The maximum absolute atomic E-state index is 12.6. The fourth-order valence-corrected chi connectivity index (χ4v) is 3.47. The quantitative estimate of drug-likeness (QED) is 0.779. The van der Waals surface area contributed by atoms with Gasteiger partial charge in [-0.2, -0.15) is 4.31 Å². The summed E-state index contributed by atoms with van der Waals surface area (Å²) in [6.07, 6.45) is 1.80. The van der Waals surface area contributed by atoms with E-state index in [1.54, 1.807) is 30.3 Å². The molecule has 22 heavy (non-hydrogen) atoms. The number of sulfonamides is 1. The first-order valence-corrected chi connectivity index (χ1v) is 8.32. The van der Waals surface area contributed by atoms with Crippen LogP contribution in [-0.4, -0.2) is 38.4 Å². The molecule has 0 N–H and O–H groups in total. The second-order valence-corrected chi connectivity index (χ2v) is 7.16. The molecule has 0 amide bonds. The monoisotopic (exact) mass is 321 g/mol. The van der Waals surface area contributed by atoms with Crippen LogP contribution in [0.3, 0.4) is 0 Å². The van der Waals surface area contributed by atoms with Crippen LogP contribution in [0.15, 0.2) is 53.0 Å². The van der Waals surface area contributed by atoms with Crippen molar-refractivity contribution in [3.05, 3.63) is 53.6 Å². The average Bonchev–Trinajstić information content (AvgIpc) is 2.95. The zero-order valence-electron chi connectivity index (χ0n) is 12.7. The van der Waals surface area contributed by atoms with E-state index in [1.165, 1.54) is 11.2 Å². The number of carbonyl (C=O) groups is 1. The number of esters is 1. The minimum Gasteiger partial charge on any atom is -0.461 e. The van der Waals surface area contributed by atoms with Gasteiger partial charge in [-0.3, -0.25) is 4.79 Å². The Balaban J connectivity index is 2.06. The number of nitrogens with zero attached hydrogens (tertiary/aromatic N) is 1. The molecule has 0 fully saturated rings. The van der Waals surface area contributed by atoms with Crippen molar-refractivity contribution in [2.75, 3.05) is 19.7 Å². The summed E-state index contributed by atoms with van der Waals surface area (Å²) in [5.74, 6) is -0.385. The summed E-state index contributed by atoms with van der Waals surface area (Å²) in [4.78, 5) is 11.1. The highest BCUT2D eigenvalue weighted by Gasteiger charge is 2.28. The van der Waals surface area contributed by atoms with Crippen molar-refractivity contribution in [1.82, 2.24) is 4.31 Å². The number of aryl methyl sites for hydroxylation is 1. The molecule has 1 aliphatic heterocycles. The van der Waals surface area contributed by atoms with E-state index in [9.17, 15) is 13.2 Å². The largest absolute Gasteiger partial charge is 0.461 e. The minimum absolute atomic E-state index is 0.0829. The first kappa shape index (κ1) is 16.5. The van der Waals surface area contributed by atoms with E-state index in [-0.39, 0.29) is 24.0 Å². The highest BCUT2D eigenvalue weighted by atomic mass is 32.2. The van der Waals surface area contributed by atoms with Crippen LogP contribution in [0.4, 0.5) is 0 Å². The minimum atomic E-state index is -3.52. The Kier molecular flexibility index (Phi) is 4.83. The first-order valence-electron chi connectivity index (χ1n) is 6.88. The molecule has 1 aromatic rings. The molecule has 2 rings (SSSR count). The first-order chi connectivity index (χ1) is 10.3. The molecule has 5 nitrogen and oxygen atoms in total. The molecule has 118 valence electrons. The third kappa shape index (κ3) is 3.64. The van der Waals surface area contributed by atoms with Gasteiger partial charge in [0, 0.05) is 20.0 Å². The lowest BCUT2D eigenvalue weighted by atomic mass is 10.1. The Bertz CT molecular complexity index is 717. The standard InChI is InChI=1S/C16H19NO4S/c1-12-4-6-16(7-5-12)22(19,20)17-9-8-15(10-17)13(2)11-21-14(3)18/h4-8H,2,9-11H2,1,3H3. The van der Waals surface area contributed by atoms with Crippen LogP contribution in [-0.2, 0) is 19.6 Å². The highest BCUT2D eigenvalue weighted by molar-refractivity contribution is 7.89. The predicted molar refractivity (Wildman–Crippen MR) is 83.8 cm³/mol. The zero-order valence-corrected chi connectivity index (χ0v) is 13.5. The van der Waals surface area contributed by atoms with Crippen molar-refractivity contribution in [2.24, 2.45) is 0 Å². The molecule has 0 bridgehead atoms. The molecule has 0 spiro atoms. The second kappa shape index (κ2) is 6.46. The molecule has 1 aromatic carbocycles. The average molecular weight is 321 g/mol. The maximum Gasteiger partial charge on any atom is 0.302 e. The fourth-order valence-electron chi connectivity index (χ4n) is 2.11. The Morgan fingerprint density at radius 2 is 1.95 bits per heavy atom. The molecule has 0 radical (unpaired) electrons. The molecule has 1 heterocycles. The predicted octanol–water partition coefficient (Wildman–Crippen LogP) is 2.05. The summed E-state index contributed by atoms with van der Waals surface area (Å²) in [6, 6.07) is 6.76. The summed E-state index contributed by atoms with van der Waals surface area (Å²) in [6.45, 7) is 7.70. The normalized spacial score (nSPS) is 15.5. The number of rotatable bonds is 5. The molecular weight excluding hydrogens is 302 g/mol. The maximum atomic E-state index is 12.6. The van der Waals surface area contributed by atoms with Crippen molar-refractivity contribution in [3.8, 4) is 0 Å². The summed E-state index contributed by atoms with van der Waals surface area (Å²) in [7, 11) is -3.52. The van der Waals surface area contributed by atoms with Gasteiger partial charge in [0.05, 0.1) is 4.90 Å². The molecule has 0 saturated heterocycles. The van der Waals surface area contributed by atoms with Gasteiger partial charge in [0.1, 0.15) is 6.61 Å². The van der Waals surface area contributed by atoms with E-state index >= 15 is 0 Å². The van der Waals surface area contributed by atoms with E-state index in [1.807, 2.05) is 6.92 Å². The van der Waals surface area contributed by atoms with Crippen molar-refractivity contribution >= 4 is 16.0 Å². The van der Waals surface area contributed by atoms with Crippen LogP contribution in [0.1, 0.15) is 12.5 Å². The van der Waals surface area contributed by atoms with Gasteiger partial charge in [0.15, 0.2) is 0 Å². The van der Waals surface area contributed by atoms with Gasteiger partial charge in [-0.15, -0.1) is 0 Å². The van der Waals surface area contributed by atoms with Gasteiger partial charge in [-0.05, 0) is 30.2 Å². The molecule has 0 aromatic heterocycles. The van der Waals surface area contributed by atoms with Crippen LogP contribution in [0.2, 0.25) is 0 Å². The fraction of sp³-hybridized carbons (Fsp3) is 0.312. The van der Waals surface area contributed by atoms with Crippen molar-refractivity contribution in [2.45, 2.75) is 18.7 Å². The Hall–Kier alpha value is -1.92. The lowest BCUT2D eigenvalue weighted by Crippen LogP contribution is -2.29. The lowest BCUT2D eigenvalue weighted by molar-refractivity contribution is -0.139. The summed E-state index contributed by atoms with van der Waals surface area (Å²) in [5.41, 5.74) is 2.42. The Morgan fingerprint density at radius 3 is 2.55 bits per heavy atom. The van der Waals surface area contributed by atoms with Crippen LogP contribution in [0.25, 0.3) is 0 Å². The van der Waals surface area contributed by atoms with Gasteiger partial charge >= 0.3 is 5.97 Å². The van der Waals surface area contributed by atoms with Gasteiger partial charge in [-0.1, -0.05) is 30.4 Å². The van der Waals surface area contributed by atoms with Gasteiger partial charge in [0.2, 0.25) is 10.0 Å². The van der Waals surface area contributed by atoms with Gasteiger partial charge < -0.3 is 4.74 Å². The SMILES string of the molecule is C=C(COC(C)=O)C1=CCN(S(=O)(=O)c2ccc(C)cc2)C1. The molecule has 0 saturated carbocycles. The molecule has 6 heteroatoms. The van der Waals surface area contributed by atoms with E-state index in [2.05, 4.69) is 6.58 Å². The Morgan fingerprint density at radius 1 is 1.32 bits per heavy atom. The molecule has 0 aliphatic carbocycles. The number of hydrogen-bond donors (Lipinski definition) is 0. The number of carbonyl (C=O) groups excluding carboxylic acids is 1. The van der Waals surface area contributed by atoms with Crippen LogP contribution >= 0.6 is 0 Å². The molecule has 1 aliphatic rings. The molecule has 0 unspecified atom stereocenters. The zero-order chi connectivity index (χ0) is 16.3. The van der Waals surface area contributed by atoms with Gasteiger partial charge in [0.25, 0.3) is 0 Å². The van der Waals surface area contributed by atoms with Crippen molar-refractivity contribution in [3.63, 3.8) is 0 Å². The van der Waals surface area contributed by atoms with Gasteiger partial charge in [-0.25, -0.2) is 8.42 Å². The van der Waals surface area contributed by atoms with E-state index in [4.69, 9.17) is 4.74 Å². The second-order valence-electron chi connectivity index (χ2n) is 5.22. The topological polar surface area (TPSA) is 63.7 Å². The molecular formula is C16H19NO4S. The van der Waals surface area contributed by atoms with Crippen LogP contribution < -0.4 is 0 Å². The highest BCUT2D eigenvalue weighted by Crippen LogP contribution is 2.24. The third-order valence-corrected chi connectivity index (χ3v) is 5.28. The van der Waals surface area contributed by atoms with E-state index < -0.39 is 10.0 Å². The van der Waals surface area contributed by atoms with Crippen LogP contribution in [0.5, 0.6) is 0 Å². The summed E-state index contributed by atoms with van der Waals surface area (Å²) in [5, 5.41) is 0. The summed E-state index contributed by atoms with van der Waals surface area (Å²) < 4.78 is 31.4. The van der Waals surface area contributed by atoms with E-state index in [0.717, 1.165) is 11.1 Å². The van der Waals surface area contributed by atoms with Crippen LogP contribution in [0, 0.1) is 6.92 Å². The summed E-state index contributed by atoms with van der Waals surface area (Å²) >= 11 is 0. The number of benzene rings is 1. The number of ether oxygens (including phenoxy) is 1. The van der Waals surface area contributed by atoms with Crippen molar-refractivity contribution < 1.29 is 17.9 Å². The number of hydrogen-bond acceptors (Lipinski definition) is 4. The lowest BCUT2D eigenvalue weighted by Gasteiger charge is -2.17. The molecule has 0 atom stereocenters. The Labute approximate surface area is 130 Å².